The van der Waals surface area contributed by atoms with Gasteiger partial charge >= 0.3 is 0 Å². The molecular weight excluding hydrogens is 326 g/mol. The number of amides is 2. The van der Waals surface area contributed by atoms with Crippen molar-refractivity contribution in [1.82, 2.24) is 10.3 Å². The molecule has 0 saturated carbocycles. The summed E-state index contributed by atoms with van der Waals surface area (Å²) in [5, 5.41) is 3.66. The number of benzene rings is 1. The standard InChI is InChI=1S/C17H19N3O3S/c1-11-18-10-15(24-11)16(21)19-14-7-4-8-20(17(14)22)12-5-3-6-13(9-12)23-2/h3,5-6,9-10,14H,4,7-8H2,1-2H3,(H,19,21)/t14-/m1/s1. The van der Waals surface area contributed by atoms with Crippen LogP contribution in [-0.2, 0) is 4.79 Å². The van der Waals surface area contributed by atoms with Crippen LogP contribution in [0.4, 0.5) is 5.69 Å². The summed E-state index contributed by atoms with van der Waals surface area (Å²) in [5.41, 5.74) is 0.784. The lowest BCUT2D eigenvalue weighted by molar-refractivity contribution is -0.121. The van der Waals surface area contributed by atoms with Crippen molar-refractivity contribution in [3.63, 3.8) is 0 Å². The number of carbonyl (C=O) groups excluding carboxylic acids is 2. The van der Waals surface area contributed by atoms with Crippen molar-refractivity contribution < 1.29 is 14.3 Å². The Bertz CT molecular complexity index is 759. The van der Waals surface area contributed by atoms with E-state index >= 15 is 0 Å². The number of hydrogen-bond donors (Lipinski definition) is 1. The Labute approximate surface area is 144 Å². The summed E-state index contributed by atoms with van der Waals surface area (Å²) < 4.78 is 5.22. The molecule has 1 aliphatic heterocycles. The molecule has 1 N–H and O–H groups in total. The molecule has 1 fully saturated rings. The van der Waals surface area contributed by atoms with Gasteiger partial charge in [-0.25, -0.2) is 4.98 Å². The largest absolute Gasteiger partial charge is 0.497 e. The van der Waals surface area contributed by atoms with Gasteiger partial charge in [-0.05, 0) is 31.9 Å². The van der Waals surface area contributed by atoms with Crippen LogP contribution in [0.5, 0.6) is 5.75 Å². The third-order valence-corrected chi connectivity index (χ3v) is 4.87. The van der Waals surface area contributed by atoms with E-state index in [2.05, 4.69) is 10.3 Å². The minimum atomic E-state index is -0.514. The topological polar surface area (TPSA) is 71.5 Å². The first-order valence-electron chi connectivity index (χ1n) is 7.77. The average molecular weight is 345 g/mol. The van der Waals surface area contributed by atoms with Crippen LogP contribution in [0.25, 0.3) is 0 Å². The molecule has 2 heterocycles. The average Bonchev–Trinajstić information content (AvgIpc) is 3.03. The van der Waals surface area contributed by atoms with Crippen LogP contribution in [0.2, 0.25) is 0 Å². The molecule has 6 nitrogen and oxygen atoms in total. The van der Waals surface area contributed by atoms with Gasteiger partial charge in [-0.15, -0.1) is 11.3 Å². The van der Waals surface area contributed by atoms with E-state index in [0.29, 0.717) is 23.6 Å². The molecule has 1 aliphatic rings. The third-order valence-electron chi connectivity index (χ3n) is 3.95. The van der Waals surface area contributed by atoms with Gasteiger partial charge in [0.05, 0.1) is 18.3 Å². The van der Waals surface area contributed by atoms with Gasteiger partial charge < -0.3 is 15.0 Å². The number of nitrogens with one attached hydrogen (secondary N) is 1. The second-order valence-electron chi connectivity index (χ2n) is 5.60. The van der Waals surface area contributed by atoms with Crippen molar-refractivity contribution in [3.05, 3.63) is 40.3 Å². The molecule has 1 saturated heterocycles. The SMILES string of the molecule is COc1cccc(N2CCC[C@@H](NC(=O)c3cnc(C)s3)C2=O)c1. The second kappa shape index (κ2) is 7.00. The summed E-state index contributed by atoms with van der Waals surface area (Å²) in [6, 6.07) is 6.87. The van der Waals surface area contributed by atoms with E-state index in [1.165, 1.54) is 11.3 Å². The zero-order valence-corrected chi connectivity index (χ0v) is 14.4. The Hall–Kier alpha value is -2.41. The Morgan fingerprint density at radius 3 is 3.00 bits per heavy atom. The fourth-order valence-electron chi connectivity index (χ4n) is 2.74. The second-order valence-corrected chi connectivity index (χ2v) is 6.84. The van der Waals surface area contributed by atoms with E-state index in [9.17, 15) is 9.59 Å². The van der Waals surface area contributed by atoms with E-state index in [-0.39, 0.29) is 11.8 Å². The predicted octanol–water partition coefficient (Wildman–Crippen LogP) is 2.39. The van der Waals surface area contributed by atoms with Crippen LogP contribution in [-0.4, -0.2) is 36.5 Å². The van der Waals surface area contributed by atoms with Crippen molar-refractivity contribution in [2.75, 3.05) is 18.6 Å². The van der Waals surface area contributed by atoms with Gasteiger partial charge in [-0.3, -0.25) is 9.59 Å². The number of aryl methyl sites for hydroxylation is 1. The molecule has 0 unspecified atom stereocenters. The summed E-state index contributed by atoms with van der Waals surface area (Å²) >= 11 is 1.32. The lowest BCUT2D eigenvalue weighted by Crippen LogP contribution is -2.52. The maximum absolute atomic E-state index is 12.8. The molecule has 2 amide bonds. The summed E-state index contributed by atoms with van der Waals surface area (Å²) in [4.78, 5) is 31.3. The van der Waals surface area contributed by atoms with Crippen molar-refractivity contribution in [3.8, 4) is 5.75 Å². The Morgan fingerprint density at radius 2 is 2.29 bits per heavy atom. The monoisotopic (exact) mass is 345 g/mol. The number of nitrogens with zero attached hydrogens (tertiary/aromatic N) is 2. The van der Waals surface area contributed by atoms with Gasteiger partial charge in [0.2, 0.25) is 5.91 Å². The van der Waals surface area contributed by atoms with Crippen molar-refractivity contribution in [1.29, 1.82) is 0 Å². The van der Waals surface area contributed by atoms with Crippen LogP contribution in [0.3, 0.4) is 0 Å². The lowest BCUT2D eigenvalue weighted by Gasteiger charge is -2.32. The number of ether oxygens (including phenoxy) is 1. The summed E-state index contributed by atoms with van der Waals surface area (Å²) in [5.74, 6) is 0.363. The zero-order chi connectivity index (χ0) is 17.1. The first-order chi connectivity index (χ1) is 11.6. The fourth-order valence-corrected chi connectivity index (χ4v) is 3.42. The third kappa shape index (κ3) is 3.41. The van der Waals surface area contributed by atoms with Gasteiger partial charge in [0, 0.05) is 18.3 Å². The molecule has 1 aromatic heterocycles. The lowest BCUT2D eigenvalue weighted by atomic mass is 10.0. The van der Waals surface area contributed by atoms with Crippen LogP contribution >= 0.6 is 11.3 Å². The van der Waals surface area contributed by atoms with E-state index in [0.717, 1.165) is 17.1 Å². The zero-order valence-electron chi connectivity index (χ0n) is 13.6. The van der Waals surface area contributed by atoms with Crippen LogP contribution in [0.1, 0.15) is 27.5 Å². The number of rotatable bonds is 4. The number of methoxy groups -OCH3 is 1. The highest BCUT2D eigenvalue weighted by molar-refractivity contribution is 7.13. The van der Waals surface area contributed by atoms with Gasteiger partial charge in [-0.1, -0.05) is 6.07 Å². The summed E-state index contributed by atoms with van der Waals surface area (Å²) in [6.07, 6.45) is 3.01. The molecular formula is C17H19N3O3S. The number of aromatic nitrogens is 1. The van der Waals surface area contributed by atoms with Crippen molar-refractivity contribution in [2.45, 2.75) is 25.8 Å². The Morgan fingerprint density at radius 1 is 1.46 bits per heavy atom. The maximum Gasteiger partial charge on any atom is 0.263 e. The molecule has 2 aromatic rings. The number of carbonyl (C=O) groups is 2. The molecule has 0 bridgehead atoms. The number of anilines is 1. The minimum Gasteiger partial charge on any atom is -0.497 e. The predicted molar refractivity (Wildman–Crippen MR) is 92.7 cm³/mol. The Kier molecular flexibility index (Phi) is 4.80. The Balaban J connectivity index is 1.73. The molecule has 24 heavy (non-hydrogen) atoms. The van der Waals surface area contributed by atoms with E-state index in [1.807, 2.05) is 31.2 Å². The number of thiazole rings is 1. The summed E-state index contributed by atoms with van der Waals surface area (Å²) in [6.45, 7) is 2.48. The van der Waals surface area contributed by atoms with E-state index in [1.54, 1.807) is 18.2 Å². The van der Waals surface area contributed by atoms with Crippen LogP contribution in [0.15, 0.2) is 30.5 Å². The smallest absolute Gasteiger partial charge is 0.263 e. The molecule has 0 spiro atoms. The fraction of sp³-hybridized carbons (Fsp3) is 0.353. The van der Waals surface area contributed by atoms with E-state index < -0.39 is 6.04 Å². The first-order valence-corrected chi connectivity index (χ1v) is 8.59. The first kappa shape index (κ1) is 16.4. The normalized spacial score (nSPS) is 17.7. The van der Waals surface area contributed by atoms with Gasteiger partial charge in [0.1, 0.15) is 16.7 Å². The van der Waals surface area contributed by atoms with Crippen LogP contribution in [0, 0.1) is 6.92 Å². The molecule has 1 aromatic carbocycles. The van der Waals surface area contributed by atoms with Crippen LogP contribution < -0.4 is 15.0 Å². The molecule has 0 radical (unpaired) electrons. The highest BCUT2D eigenvalue weighted by atomic mass is 32.1. The quantitative estimate of drug-likeness (QED) is 0.923. The molecule has 126 valence electrons. The minimum absolute atomic E-state index is 0.0934. The summed E-state index contributed by atoms with van der Waals surface area (Å²) in [7, 11) is 1.59. The molecule has 0 aliphatic carbocycles. The molecule has 1 atom stereocenters. The molecule has 7 heteroatoms. The van der Waals surface area contributed by atoms with Gasteiger partial charge in [0.15, 0.2) is 0 Å². The number of piperidine rings is 1. The van der Waals surface area contributed by atoms with Gasteiger partial charge in [0.25, 0.3) is 5.91 Å². The molecule has 3 rings (SSSR count). The van der Waals surface area contributed by atoms with Crippen molar-refractivity contribution >= 4 is 28.8 Å². The van der Waals surface area contributed by atoms with Crippen molar-refractivity contribution in [2.24, 2.45) is 0 Å². The number of hydrogen-bond acceptors (Lipinski definition) is 5. The highest BCUT2D eigenvalue weighted by Gasteiger charge is 2.31. The maximum atomic E-state index is 12.8. The highest BCUT2D eigenvalue weighted by Crippen LogP contribution is 2.25. The van der Waals surface area contributed by atoms with Gasteiger partial charge in [-0.2, -0.15) is 0 Å². The van der Waals surface area contributed by atoms with E-state index in [4.69, 9.17) is 4.74 Å².